The van der Waals surface area contributed by atoms with Crippen molar-refractivity contribution in [2.45, 2.75) is 33.6 Å². The summed E-state index contributed by atoms with van der Waals surface area (Å²) in [6.45, 7) is 9.97. The first-order chi connectivity index (χ1) is 28.8. The van der Waals surface area contributed by atoms with Crippen molar-refractivity contribution in [3.63, 3.8) is 0 Å². The Morgan fingerprint density at radius 3 is 2.15 bits per heavy atom. The van der Waals surface area contributed by atoms with Crippen molar-refractivity contribution in [1.82, 2.24) is 20.9 Å². The summed E-state index contributed by atoms with van der Waals surface area (Å²) < 4.78 is 0. The Labute approximate surface area is 351 Å². The van der Waals surface area contributed by atoms with Gasteiger partial charge in [0.15, 0.2) is 0 Å². The maximum atomic E-state index is 5.59. The van der Waals surface area contributed by atoms with Crippen molar-refractivity contribution in [2.75, 3.05) is 33.2 Å². The average molecular weight is 776 g/mol. The monoisotopic (exact) mass is 775 g/mol. The van der Waals surface area contributed by atoms with Crippen molar-refractivity contribution in [3.05, 3.63) is 215 Å². The number of aryl methyl sites for hydroxylation is 2. The number of nitrogens with zero attached hydrogens (tertiary/aromatic N) is 1. The summed E-state index contributed by atoms with van der Waals surface area (Å²) in [5.74, 6) is 0. The normalized spacial score (nSPS) is 16.1. The summed E-state index contributed by atoms with van der Waals surface area (Å²) in [6.07, 6.45) is 31.3. The maximum Gasteiger partial charge on any atom is 0.0401 e. The van der Waals surface area contributed by atoms with E-state index in [1.54, 1.807) is 6.20 Å². The second-order valence-electron chi connectivity index (χ2n) is 15.8. The number of benzene rings is 4. The number of nitrogens with two attached hydrogens (primary N) is 1. The van der Waals surface area contributed by atoms with Gasteiger partial charge in [0.1, 0.15) is 0 Å². The number of likely N-dealkylation sites (N-methyl/N-ethyl adjacent to an activating group) is 1. The molecule has 0 bridgehead atoms. The number of rotatable bonds is 10. The molecular weight excluding hydrogens is 719 g/mol. The highest BCUT2D eigenvalue weighted by Gasteiger charge is 2.14. The Kier molecular flexibility index (Phi) is 13.5. The van der Waals surface area contributed by atoms with Crippen LogP contribution in [-0.4, -0.2) is 38.1 Å². The van der Waals surface area contributed by atoms with Crippen molar-refractivity contribution in [3.8, 4) is 22.3 Å². The van der Waals surface area contributed by atoms with Gasteiger partial charge in [0.05, 0.1) is 0 Å². The molecule has 0 radical (unpaired) electrons. The molecule has 0 saturated carbocycles. The molecule has 0 atom stereocenters. The molecule has 5 nitrogen and oxygen atoms in total. The number of hydrogen-bond donors (Lipinski definition) is 4. The van der Waals surface area contributed by atoms with Crippen LogP contribution in [0.4, 0.5) is 0 Å². The summed E-state index contributed by atoms with van der Waals surface area (Å²) >= 11 is 0. The number of allylic oxidation sites excluding steroid dienone is 11. The molecule has 0 fully saturated rings. The van der Waals surface area contributed by atoms with E-state index in [1.165, 1.54) is 89.1 Å². The highest BCUT2D eigenvalue weighted by atomic mass is 15.1. The van der Waals surface area contributed by atoms with Crippen LogP contribution in [0.1, 0.15) is 53.6 Å². The van der Waals surface area contributed by atoms with Gasteiger partial charge in [-0.1, -0.05) is 103 Å². The smallest absolute Gasteiger partial charge is 0.0401 e. The van der Waals surface area contributed by atoms with Gasteiger partial charge < -0.3 is 26.6 Å². The van der Waals surface area contributed by atoms with Gasteiger partial charge in [-0.2, -0.15) is 0 Å². The lowest BCUT2D eigenvalue weighted by molar-refractivity contribution is 0.507. The lowest BCUT2D eigenvalue weighted by atomic mass is 9.90. The van der Waals surface area contributed by atoms with Crippen molar-refractivity contribution < 1.29 is 0 Å². The van der Waals surface area contributed by atoms with Gasteiger partial charge >= 0.3 is 0 Å². The van der Waals surface area contributed by atoms with Gasteiger partial charge in [-0.05, 0) is 178 Å². The summed E-state index contributed by atoms with van der Waals surface area (Å²) in [7, 11) is 2.13. The Morgan fingerprint density at radius 1 is 0.712 bits per heavy atom. The summed E-state index contributed by atoms with van der Waals surface area (Å²) in [5.41, 5.74) is 25.7. The summed E-state index contributed by atoms with van der Waals surface area (Å²) in [5, 5.41) is 10.0. The van der Waals surface area contributed by atoms with E-state index in [1.807, 2.05) is 18.5 Å². The third-order valence-corrected chi connectivity index (χ3v) is 10.9. The number of hydrogen-bond acceptors (Lipinski definition) is 5. The molecule has 5 heteroatoms. The third-order valence-electron chi connectivity index (χ3n) is 10.9. The molecule has 0 unspecified atom stereocenters. The Balaban J connectivity index is 0.000000684. The second-order valence-corrected chi connectivity index (χ2v) is 15.8. The molecule has 0 spiro atoms. The topological polar surface area (TPSA) is 65.3 Å². The predicted molar refractivity (Wildman–Crippen MR) is 254 cm³/mol. The van der Waals surface area contributed by atoms with Gasteiger partial charge in [0, 0.05) is 45.6 Å². The van der Waals surface area contributed by atoms with Crippen LogP contribution in [0.15, 0.2) is 182 Å². The standard InChI is InChI=1S/C48H48N4.C6H9N/c1-34(9-6-18-49)16-17-36-23-45(28-46(24-36)42-15-8-20-52(3)33-42)38-11-5-13-40(26-38)48-29-47(31-51-32-48)39-12-4-10-37(25-39)43-21-35(2)22-44(27-43)41-14-7-19-50-30-41;1-6-3-2-4-7-5-6/h4-15,18-19,21-29,32-33,50-51H,16-17,20,30-31,49H2,1-3H3;2-3,5,7H,4H2,1H3/b18-6-,34-9-;. The van der Waals surface area contributed by atoms with Crippen LogP contribution in [-0.2, 0) is 6.42 Å². The zero-order valence-corrected chi connectivity index (χ0v) is 34.9. The van der Waals surface area contributed by atoms with E-state index < -0.39 is 0 Å². The molecule has 4 heterocycles. The molecule has 4 aromatic rings. The van der Waals surface area contributed by atoms with Crippen LogP contribution in [0.3, 0.4) is 0 Å². The van der Waals surface area contributed by atoms with Gasteiger partial charge in [0.2, 0.25) is 0 Å². The van der Waals surface area contributed by atoms with Crippen molar-refractivity contribution in [2.24, 2.45) is 5.73 Å². The highest BCUT2D eigenvalue weighted by molar-refractivity contribution is 5.89. The van der Waals surface area contributed by atoms with Crippen molar-refractivity contribution >= 4 is 22.3 Å². The lowest BCUT2D eigenvalue weighted by Crippen LogP contribution is -2.14. The molecule has 0 aliphatic carbocycles. The molecule has 4 aliphatic rings. The highest BCUT2D eigenvalue weighted by Crippen LogP contribution is 2.34. The number of nitrogens with one attached hydrogen (secondary N) is 3. The van der Waals surface area contributed by atoms with Crippen LogP contribution in [0.5, 0.6) is 0 Å². The minimum atomic E-state index is 0.786. The molecule has 0 aromatic heterocycles. The quantitative estimate of drug-likeness (QED) is 0.121. The Hall–Kier alpha value is -6.72. The van der Waals surface area contributed by atoms with E-state index in [0.717, 1.165) is 39.0 Å². The van der Waals surface area contributed by atoms with E-state index in [0.29, 0.717) is 0 Å². The molecule has 8 rings (SSSR count). The lowest BCUT2D eigenvalue weighted by Gasteiger charge is -2.20. The average Bonchev–Trinajstić information content (AvgIpc) is 3.28. The minimum Gasteiger partial charge on any atom is -0.405 e. The van der Waals surface area contributed by atoms with E-state index >= 15 is 0 Å². The molecule has 4 aliphatic heterocycles. The molecule has 0 amide bonds. The third kappa shape index (κ3) is 11.0. The number of dihydropyridines is 3. The molecule has 59 heavy (non-hydrogen) atoms. The minimum absolute atomic E-state index is 0.786. The predicted octanol–water partition coefficient (Wildman–Crippen LogP) is 11.1. The van der Waals surface area contributed by atoms with Crippen LogP contribution in [0.25, 0.3) is 44.5 Å². The zero-order valence-electron chi connectivity index (χ0n) is 34.9. The molecule has 4 aromatic carbocycles. The van der Waals surface area contributed by atoms with Crippen LogP contribution in [0, 0.1) is 6.92 Å². The Morgan fingerprint density at radius 2 is 1.42 bits per heavy atom. The fourth-order valence-corrected chi connectivity index (χ4v) is 7.72. The van der Waals surface area contributed by atoms with Gasteiger partial charge in [-0.15, -0.1) is 0 Å². The van der Waals surface area contributed by atoms with Crippen molar-refractivity contribution in [1.29, 1.82) is 0 Å². The molecule has 298 valence electrons. The van der Waals surface area contributed by atoms with Gasteiger partial charge in [-0.3, -0.25) is 0 Å². The molecular formula is C54H57N5. The summed E-state index contributed by atoms with van der Waals surface area (Å²) in [4.78, 5) is 2.24. The van der Waals surface area contributed by atoms with E-state index in [4.69, 9.17) is 5.73 Å². The van der Waals surface area contributed by atoms with Crippen LogP contribution < -0.4 is 21.7 Å². The van der Waals surface area contributed by atoms with E-state index in [9.17, 15) is 0 Å². The van der Waals surface area contributed by atoms with Crippen LogP contribution >= 0.6 is 0 Å². The second kappa shape index (κ2) is 19.6. The Bertz CT molecular complexity index is 2480. The first kappa shape index (κ1) is 40.5. The first-order valence-electron chi connectivity index (χ1n) is 20.7. The van der Waals surface area contributed by atoms with Gasteiger partial charge in [0.25, 0.3) is 0 Å². The van der Waals surface area contributed by atoms with Crippen LogP contribution in [0.2, 0.25) is 0 Å². The SMILES string of the molecule is C/C(=C/C=C\N)CCc1cc(C2=CN(C)CC=C2)cc(-c2cccc(C3=CNCC(c4cccc(-c5cc(C)cc(C6=CC=CNC6)c5)c4)=C3)c2)c1.CC1=CNCC=C1. The van der Waals surface area contributed by atoms with E-state index in [-0.39, 0.29) is 0 Å². The van der Waals surface area contributed by atoms with E-state index in [2.05, 4.69) is 195 Å². The first-order valence-corrected chi connectivity index (χ1v) is 20.7. The fraction of sp³-hybridized carbons (Fsp3) is 0.185. The zero-order chi connectivity index (χ0) is 41.0. The van der Waals surface area contributed by atoms with Gasteiger partial charge in [-0.25, -0.2) is 0 Å². The largest absolute Gasteiger partial charge is 0.405 e. The molecule has 5 N–H and O–H groups in total. The fourth-order valence-electron chi connectivity index (χ4n) is 7.72. The molecule has 0 saturated heterocycles. The summed E-state index contributed by atoms with van der Waals surface area (Å²) in [6, 6.07) is 31.9. The maximum absolute atomic E-state index is 5.59.